The van der Waals surface area contributed by atoms with Gasteiger partial charge in [-0.15, -0.1) is 0 Å². The fraction of sp³-hybridized carbons (Fsp3) is 0.158. The molecule has 1 aliphatic heterocycles. The summed E-state index contributed by atoms with van der Waals surface area (Å²) in [6, 6.07) is 10.6. The average molecular weight is 341 g/mol. The first-order chi connectivity index (χ1) is 11.9. The van der Waals surface area contributed by atoms with E-state index in [1.807, 2.05) is 32.1 Å². The number of ether oxygens (including phenoxy) is 1. The van der Waals surface area contributed by atoms with E-state index in [0.717, 1.165) is 27.9 Å². The molecule has 0 radical (unpaired) electrons. The highest BCUT2D eigenvalue weighted by molar-refractivity contribution is 6.33. The van der Waals surface area contributed by atoms with Crippen molar-refractivity contribution in [3.63, 3.8) is 0 Å². The molecule has 0 aliphatic carbocycles. The van der Waals surface area contributed by atoms with Gasteiger partial charge >= 0.3 is 0 Å². The number of nitrogens with two attached hydrogens (primary N) is 1. The molecule has 2 nitrogen and oxygen atoms in total. The molecule has 1 aliphatic rings. The molecule has 1 heterocycles. The number of fused-ring (bicyclic) bond motifs is 3. The second kappa shape index (κ2) is 5.81. The largest absolute Gasteiger partial charge is 0.484 e. The summed E-state index contributed by atoms with van der Waals surface area (Å²) in [6.45, 7) is 0. The van der Waals surface area contributed by atoms with Crippen LogP contribution in [0.25, 0.3) is 10.8 Å². The second-order valence-electron chi connectivity index (χ2n) is 6.46. The molecule has 0 bridgehead atoms. The SMILES string of the molecule is Bc1ccc2ccc3c(c2c1)C[C@H](N)[C@@H](c1cc(F)c(F)cc1F)O3. The number of hydrogen-bond donors (Lipinski definition) is 1. The van der Waals surface area contributed by atoms with Crippen LogP contribution < -0.4 is 15.9 Å². The molecule has 0 spiro atoms. The van der Waals surface area contributed by atoms with E-state index in [1.165, 1.54) is 0 Å². The minimum atomic E-state index is -1.23. The molecule has 2 N–H and O–H groups in total. The highest BCUT2D eigenvalue weighted by Gasteiger charge is 2.32. The Morgan fingerprint density at radius 3 is 2.48 bits per heavy atom. The molecule has 4 rings (SSSR count). The fourth-order valence-corrected chi connectivity index (χ4v) is 3.41. The van der Waals surface area contributed by atoms with Gasteiger partial charge in [-0.3, -0.25) is 0 Å². The van der Waals surface area contributed by atoms with Crippen molar-refractivity contribution in [3.05, 3.63) is 71.0 Å². The number of halogens is 3. The molecule has 0 aromatic heterocycles. The van der Waals surface area contributed by atoms with E-state index in [0.29, 0.717) is 18.2 Å². The normalized spacial score (nSPS) is 19.5. The van der Waals surface area contributed by atoms with Crippen molar-refractivity contribution in [2.75, 3.05) is 0 Å². The Hall–Kier alpha value is -2.47. The van der Waals surface area contributed by atoms with Gasteiger partial charge in [0.1, 0.15) is 25.5 Å². The number of hydrogen-bond acceptors (Lipinski definition) is 2. The van der Waals surface area contributed by atoms with Gasteiger partial charge in [-0.2, -0.15) is 0 Å². The predicted octanol–water partition coefficient (Wildman–Crippen LogP) is 2.52. The minimum Gasteiger partial charge on any atom is -0.484 e. The maximum atomic E-state index is 14.1. The Balaban J connectivity index is 1.81. The van der Waals surface area contributed by atoms with Crippen LogP contribution in [0.2, 0.25) is 0 Å². The van der Waals surface area contributed by atoms with E-state index in [2.05, 4.69) is 6.07 Å². The zero-order chi connectivity index (χ0) is 17.7. The lowest BCUT2D eigenvalue weighted by Gasteiger charge is -2.32. The molecule has 0 fully saturated rings. The lowest BCUT2D eigenvalue weighted by atomic mass is 9.87. The Kier molecular flexibility index (Phi) is 3.72. The summed E-state index contributed by atoms with van der Waals surface area (Å²) in [5, 5.41) is 2.11. The van der Waals surface area contributed by atoms with Crippen LogP contribution in [0.4, 0.5) is 13.2 Å². The van der Waals surface area contributed by atoms with Gasteiger partial charge < -0.3 is 10.5 Å². The van der Waals surface area contributed by atoms with Crippen LogP contribution in [-0.2, 0) is 6.42 Å². The van der Waals surface area contributed by atoms with Gasteiger partial charge in [-0.05, 0) is 29.3 Å². The van der Waals surface area contributed by atoms with Crippen molar-refractivity contribution in [1.29, 1.82) is 0 Å². The first-order valence-corrected chi connectivity index (χ1v) is 8.03. The summed E-state index contributed by atoms with van der Waals surface area (Å²) < 4.78 is 46.8. The second-order valence-corrected chi connectivity index (χ2v) is 6.46. The molecule has 0 saturated heterocycles. The summed E-state index contributed by atoms with van der Waals surface area (Å²) in [7, 11) is 2.00. The van der Waals surface area contributed by atoms with Crippen molar-refractivity contribution >= 4 is 24.1 Å². The molecule has 0 saturated carbocycles. The molecule has 3 aromatic rings. The Labute approximate surface area is 143 Å². The van der Waals surface area contributed by atoms with Crippen molar-refractivity contribution in [3.8, 4) is 5.75 Å². The Morgan fingerprint density at radius 1 is 0.960 bits per heavy atom. The van der Waals surface area contributed by atoms with Gasteiger partial charge in [0.15, 0.2) is 11.6 Å². The quantitative estimate of drug-likeness (QED) is 0.545. The fourth-order valence-electron chi connectivity index (χ4n) is 3.41. The van der Waals surface area contributed by atoms with E-state index in [-0.39, 0.29) is 5.56 Å². The van der Waals surface area contributed by atoms with Crippen molar-refractivity contribution in [1.82, 2.24) is 0 Å². The van der Waals surface area contributed by atoms with Crippen LogP contribution in [0.3, 0.4) is 0 Å². The number of benzene rings is 3. The summed E-state index contributed by atoms with van der Waals surface area (Å²) in [6.07, 6.45) is -0.413. The third-order valence-corrected chi connectivity index (χ3v) is 4.67. The van der Waals surface area contributed by atoms with Crippen molar-refractivity contribution in [2.45, 2.75) is 18.6 Å². The predicted molar refractivity (Wildman–Crippen MR) is 93.5 cm³/mol. The topological polar surface area (TPSA) is 35.2 Å². The highest BCUT2D eigenvalue weighted by atomic mass is 19.2. The van der Waals surface area contributed by atoms with Crippen LogP contribution in [0.1, 0.15) is 17.2 Å². The van der Waals surface area contributed by atoms with E-state index in [1.54, 1.807) is 0 Å². The molecule has 2 atom stereocenters. The molecule has 3 aromatic carbocycles. The van der Waals surface area contributed by atoms with Crippen LogP contribution in [-0.4, -0.2) is 13.9 Å². The monoisotopic (exact) mass is 341 g/mol. The van der Waals surface area contributed by atoms with Gasteiger partial charge in [0, 0.05) is 17.2 Å². The van der Waals surface area contributed by atoms with Crippen LogP contribution in [0.15, 0.2) is 42.5 Å². The summed E-state index contributed by atoms with van der Waals surface area (Å²) in [5.41, 5.74) is 8.20. The first kappa shape index (κ1) is 16.0. The molecule has 0 unspecified atom stereocenters. The maximum absolute atomic E-state index is 14.1. The van der Waals surface area contributed by atoms with Crippen LogP contribution in [0.5, 0.6) is 5.75 Å². The maximum Gasteiger partial charge on any atom is 0.161 e. The molecule has 25 heavy (non-hydrogen) atoms. The lowest BCUT2D eigenvalue weighted by Crippen LogP contribution is -2.38. The third kappa shape index (κ3) is 2.66. The average Bonchev–Trinajstić information content (AvgIpc) is 2.58. The molecule has 6 heteroatoms. The molecule has 0 amide bonds. The zero-order valence-corrected chi connectivity index (χ0v) is 13.5. The molecule has 126 valence electrons. The van der Waals surface area contributed by atoms with Gasteiger partial charge in [0.25, 0.3) is 0 Å². The Morgan fingerprint density at radius 2 is 1.68 bits per heavy atom. The van der Waals surface area contributed by atoms with Crippen molar-refractivity contribution < 1.29 is 17.9 Å². The first-order valence-electron chi connectivity index (χ1n) is 8.03. The van der Waals surface area contributed by atoms with Gasteiger partial charge in [-0.25, -0.2) is 13.2 Å². The smallest absolute Gasteiger partial charge is 0.161 e. The molecular weight excluding hydrogens is 326 g/mol. The van der Waals surface area contributed by atoms with E-state index >= 15 is 0 Å². The van der Waals surface area contributed by atoms with Crippen LogP contribution in [0, 0.1) is 17.5 Å². The minimum absolute atomic E-state index is 0.0682. The van der Waals surface area contributed by atoms with E-state index in [4.69, 9.17) is 10.5 Å². The lowest BCUT2D eigenvalue weighted by molar-refractivity contribution is 0.149. The van der Waals surface area contributed by atoms with E-state index < -0.39 is 29.6 Å². The van der Waals surface area contributed by atoms with E-state index in [9.17, 15) is 13.2 Å². The highest BCUT2D eigenvalue weighted by Crippen LogP contribution is 2.39. The van der Waals surface area contributed by atoms with Gasteiger partial charge in [0.2, 0.25) is 0 Å². The third-order valence-electron chi connectivity index (χ3n) is 4.67. The number of rotatable bonds is 1. The van der Waals surface area contributed by atoms with Gasteiger partial charge in [0.05, 0.1) is 6.04 Å². The van der Waals surface area contributed by atoms with Gasteiger partial charge in [-0.1, -0.05) is 29.7 Å². The zero-order valence-electron chi connectivity index (χ0n) is 13.5. The van der Waals surface area contributed by atoms with Crippen molar-refractivity contribution in [2.24, 2.45) is 5.73 Å². The Bertz CT molecular complexity index is 992. The summed E-state index contributed by atoms with van der Waals surface area (Å²) in [4.78, 5) is 0. The molecular formula is C19H15BF3NO. The summed E-state index contributed by atoms with van der Waals surface area (Å²) >= 11 is 0. The summed E-state index contributed by atoms with van der Waals surface area (Å²) in [5.74, 6) is -2.62. The van der Waals surface area contributed by atoms with Crippen LogP contribution >= 0.6 is 0 Å². The standard InChI is InChI=1S/C19H15BF3NO/c20-10-3-1-9-2-4-18-12(11(9)5-10)7-17(24)19(25-18)13-6-15(22)16(23)8-14(13)21/h1-6,8,17,19H,7,20,24H2/t17-,19+/m0/s1.